The average Bonchev–Trinajstić information content (AvgIpc) is 2.70. The van der Waals surface area contributed by atoms with Crippen LogP contribution in [0.1, 0.15) is 30.3 Å². The van der Waals surface area contributed by atoms with E-state index in [-0.39, 0.29) is 0 Å². The average molecular weight is 257 g/mol. The van der Waals surface area contributed by atoms with E-state index in [1.165, 1.54) is 0 Å². The summed E-state index contributed by atoms with van der Waals surface area (Å²) in [6.45, 7) is 4.32. The third-order valence-electron chi connectivity index (χ3n) is 3.92. The summed E-state index contributed by atoms with van der Waals surface area (Å²) in [5, 5.41) is 13.7. The molecule has 1 N–H and O–H groups in total. The standard InChI is InChI=1S/C15H19N3O/c1-10-4-3-5-15(16-10)14-8-18(17-11(14)2)13-6-12(7-13)9-19/h3-5,8,12-13,19H,6-7,9H2,1-2H3. The van der Waals surface area contributed by atoms with Gasteiger partial charge < -0.3 is 5.11 Å². The number of nitrogens with zero attached hydrogens (tertiary/aromatic N) is 3. The quantitative estimate of drug-likeness (QED) is 0.919. The first kappa shape index (κ1) is 12.4. The van der Waals surface area contributed by atoms with Gasteiger partial charge in [0.1, 0.15) is 0 Å². The summed E-state index contributed by atoms with van der Waals surface area (Å²) in [6, 6.07) is 6.49. The molecule has 0 aliphatic heterocycles. The zero-order valence-electron chi connectivity index (χ0n) is 11.4. The van der Waals surface area contributed by atoms with Crippen LogP contribution in [0.15, 0.2) is 24.4 Å². The number of hydrogen-bond acceptors (Lipinski definition) is 3. The van der Waals surface area contributed by atoms with E-state index in [0.717, 1.165) is 35.5 Å². The molecule has 0 aromatic carbocycles. The lowest BCUT2D eigenvalue weighted by Crippen LogP contribution is -2.29. The molecule has 0 saturated heterocycles. The van der Waals surface area contributed by atoms with Gasteiger partial charge in [-0.05, 0) is 44.7 Å². The van der Waals surface area contributed by atoms with E-state index >= 15 is 0 Å². The Labute approximate surface area is 113 Å². The highest BCUT2D eigenvalue weighted by atomic mass is 16.3. The Hall–Kier alpha value is -1.68. The minimum Gasteiger partial charge on any atom is -0.396 e. The maximum Gasteiger partial charge on any atom is 0.0739 e. The molecular weight excluding hydrogens is 238 g/mol. The minimum absolute atomic E-state index is 0.295. The van der Waals surface area contributed by atoms with Crippen molar-refractivity contribution in [3.05, 3.63) is 35.8 Å². The number of rotatable bonds is 3. The van der Waals surface area contributed by atoms with E-state index in [1.54, 1.807) is 0 Å². The Morgan fingerprint density at radius 1 is 1.32 bits per heavy atom. The maximum atomic E-state index is 9.08. The maximum absolute atomic E-state index is 9.08. The largest absolute Gasteiger partial charge is 0.396 e. The van der Waals surface area contributed by atoms with E-state index in [1.807, 2.05) is 36.7 Å². The molecule has 2 aromatic heterocycles. The molecule has 4 heteroatoms. The molecule has 1 aliphatic carbocycles. The van der Waals surface area contributed by atoms with Crippen molar-refractivity contribution in [3.8, 4) is 11.3 Å². The van der Waals surface area contributed by atoms with Crippen molar-refractivity contribution in [1.29, 1.82) is 0 Å². The Morgan fingerprint density at radius 2 is 2.11 bits per heavy atom. The molecule has 2 aromatic rings. The van der Waals surface area contributed by atoms with Crippen LogP contribution in [0, 0.1) is 19.8 Å². The van der Waals surface area contributed by atoms with Gasteiger partial charge in [-0.25, -0.2) is 0 Å². The molecule has 1 saturated carbocycles. The third kappa shape index (κ3) is 2.28. The fraction of sp³-hybridized carbons (Fsp3) is 0.467. The molecule has 2 heterocycles. The lowest BCUT2D eigenvalue weighted by molar-refractivity contribution is 0.105. The normalized spacial score (nSPS) is 22.3. The van der Waals surface area contributed by atoms with Crippen molar-refractivity contribution in [1.82, 2.24) is 14.8 Å². The molecule has 1 aliphatic rings. The van der Waals surface area contributed by atoms with Crippen LogP contribution in [0.25, 0.3) is 11.3 Å². The molecule has 1 fully saturated rings. The summed E-state index contributed by atoms with van der Waals surface area (Å²) in [5.41, 5.74) is 4.14. The van der Waals surface area contributed by atoms with Gasteiger partial charge >= 0.3 is 0 Å². The van der Waals surface area contributed by atoms with E-state index in [2.05, 4.69) is 16.3 Å². The molecule has 0 spiro atoms. The first-order valence-corrected chi connectivity index (χ1v) is 6.78. The smallest absolute Gasteiger partial charge is 0.0739 e. The van der Waals surface area contributed by atoms with Crippen LogP contribution < -0.4 is 0 Å². The van der Waals surface area contributed by atoms with Gasteiger partial charge in [0.2, 0.25) is 0 Å². The molecule has 0 amide bonds. The summed E-state index contributed by atoms with van der Waals surface area (Å²) >= 11 is 0. The number of aliphatic hydroxyl groups excluding tert-OH is 1. The SMILES string of the molecule is Cc1cccc(-c2cn(C3CC(CO)C3)nc2C)n1. The van der Waals surface area contributed by atoms with Crippen molar-refractivity contribution in [3.63, 3.8) is 0 Å². The Kier molecular flexibility index (Phi) is 3.11. The molecule has 4 nitrogen and oxygen atoms in total. The van der Waals surface area contributed by atoms with Crippen molar-refractivity contribution in [2.75, 3.05) is 6.61 Å². The molecule has 3 rings (SSSR count). The van der Waals surface area contributed by atoms with Crippen LogP contribution in [0.5, 0.6) is 0 Å². The summed E-state index contributed by atoms with van der Waals surface area (Å²) in [5.74, 6) is 0.454. The van der Waals surface area contributed by atoms with Crippen LogP contribution >= 0.6 is 0 Å². The van der Waals surface area contributed by atoms with E-state index < -0.39 is 0 Å². The highest BCUT2D eigenvalue weighted by Gasteiger charge is 2.30. The number of aromatic nitrogens is 3. The van der Waals surface area contributed by atoms with Gasteiger partial charge in [0.25, 0.3) is 0 Å². The lowest BCUT2D eigenvalue weighted by Gasteiger charge is -2.34. The van der Waals surface area contributed by atoms with Crippen molar-refractivity contribution >= 4 is 0 Å². The minimum atomic E-state index is 0.295. The summed E-state index contributed by atoms with van der Waals surface area (Å²) in [4.78, 5) is 4.56. The van der Waals surface area contributed by atoms with Crippen LogP contribution in [0.3, 0.4) is 0 Å². The van der Waals surface area contributed by atoms with Crippen molar-refractivity contribution < 1.29 is 5.11 Å². The fourth-order valence-corrected chi connectivity index (χ4v) is 2.68. The van der Waals surface area contributed by atoms with Crippen molar-refractivity contribution in [2.45, 2.75) is 32.7 Å². The van der Waals surface area contributed by atoms with Gasteiger partial charge in [0, 0.05) is 24.1 Å². The lowest BCUT2D eigenvalue weighted by atomic mass is 9.81. The Morgan fingerprint density at radius 3 is 2.79 bits per heavy atom. The topological polar surface area (TPSA) is 50.9 Å². The van der Waals surface area contributed by atoms with Crippen LogP contribution in [0.4, 0.5) is 0 Å². The predicted octanol–water partition coefficient (Wildman–Crippen LogP) is 2.51. The number of aryl methyl sites for hydroxylation is 2. The molecule has 0 radical (unpaired) electrons. The number of aliphatic hydroxyl groups is 1. The van der Waals surface area contributed by atoms with Crippen molar-refractivity contribution in [2.24, 2.45) is 5.92 Å². The van der Waals surface area contributed by atoms with Gasteiger partial charge in [-0.2, -0.15) is 5.10 Å². The first-order valence-electron chi connectivity index (χ1n) is 6.78. The predicted molar refractivity (Wildman–Crippen MR) is 73.8 cm³/mol. The molecule has 19 heavy (non-hydrogen) atoms. The van der Waals surface area contributed by atoms with Crippen LogP contribution in [-0.4, -0.2) is 26.5 Å². The van der Waals surface area contributed by atoms with E-state index in [0.29, 0.717) is 18.6 Å². The van der Waals surface area contributed by atoms with Gasteiger partial charge in [0.15, 0.2) is 0 Å². The van der Waals surface area contributed by atoms with Gasteiger partial charge in [-0.15, -0.1) is 0 Å². The zero-order chi connectivity index (χ0) is 13.4. The Balaban J connectivity index is 1.86. The molecule has 0 unspecified atom stereocenters. The highest BCUT2D eigenvalue weighted by molar-refractivity contribution is 5.60. The second-order valence-electron chi connectivity index (χ2n) is 5.45. The van der Waals surface area contributed by atoms with Gasteiger partial charge in [-0.3, -0.25) is 9.67 Å². The first-order chi connectivity index (χ1) is 9.17. The third-order valence-corrected chi connectivity index (χ3v) is 3.92. The van der Waals surface area contributed by atoms with E-state index in [9.17, 15) is 0 Å². The zero-order valence-corrected chi connectivity index (χ0v) is 11.4. The second kappa shape index (κ2) is 4.78. The molecule has 100 valence electrons. The molecule has 0 atom stereocenters. The fourth-order valence-electron chi connectivity index (χ4n) is 2.68. The van der Waals surface area contributed by atoms with E-state index in [4.69, 9.17) is 5.11 Å². The van der Waals surface area contributed by atoms with Crippen LogP contribution in [-0.2, 0) is 0 Å². The monoisotopic (exact) mass is 257 g/mol. The summed E-state index contributed by atoms with van der Waals surface area (Å²) < 4.78 is 2.04. The summed E-state index contributed by atoms with van der Waals surface area (Å²) in [7, 11) is 0. The van der Waals surface area contributed by atoms with Crippen LogP contribution in [0.2, 0.25) is 0 Å². The molecule has 0 bridgehead atoms. The second-order valence-corrected chi connectivity index (χ2v) is 5.45. The highest BCUT2D eigenvalue weighted by Crippen LogP contribution is 2.38. The molecular formula is C15H19N3O. The Bertz CT molecular complexity index is 585. The number of hydrogen-bond donors (Lipinski definition) is 1. The van der Waals surface area contributed by atoms with Gasteiger partial charge in [0.05, 0.1) is 17.4 Å². The van der Waals surface area contributed by atoms with Gasteiger partial charge in [-0.1, -0.05) is 6.07 Å². The number of pyridine rings is 1. The summed E-state index contributed by atoms with van der Waals surface area (Å²) in [6.07, 6.45) is 4.14.